The van der Waals surface area contributed by atoms with E-state index in [-0.39, 0.29) is 5.91 Å². The molecular weight excluding hydrogens is 330 g/mol. The number of hydrogen-bond donors (Lipinski definition) is 2. The van der Waals surface area contributed by atoms with Crippen molar-refractivity contribution in [2.45, 2.75) is 58.6 Å². The van der Waals surface area contributed by atoms with Gasteiger partial charge in [0.05, 0.1) is 11.0 Å². The van der Waals surface area contributed by atoms with Gasteiger partial charge in [-0.1, -0.05) is 6.92 Å². The normalized spacial score (nSPS) is 16.2. The summed E-state index contributed by atoms with van der Waals surface area (Å²) in [5.41, 5.74) is 1.50. The van der Waals surface area contributed by atoms with E-state index in [0.29, 0.717) is 18.2 Å². The van der Waals surface area contributed by atoms with Crippen LogP contribution in [-0.2, 0) is 21.7 Å². The maximum absolute atomic E-state index is 11.9. The van der Waals surface area contributed by atoms with Crippen LogP contribution in [0, 0.1) is 5.92 Å². The molecule has 6 heteroatoms. The minimum Gasteiger partial charge on any atom is -0.383 e. The number of imidazole rings is 1. The average molecular weight is 359 g/mol. The highest BCUT2D eigenvalue weighted by Crippen LogP contribution is 2.29. The number of anilines is 1. The van der Waals surface area contributed by atoms with Gasteiger partial charge in [0.2, 0.25) is 5.91 Å². The lowest BCUT2D eigenvalue weighted by atomic mass is 9.99. The van der Waals surface area contributed by atoms with Crippen LogP contribution in [0.2, 0.25) is 0 Å². The molecule has 6 nitrogen and oxygen atoms in total. The molecule has 2 N–H and O–H groups in total. The van der Waals surface area contributed by atoms with Crippen molar-refractivity contribution >= 4 is 22.6 Å². The Bertz CT molecular complexity index is 770. The van der Waals surface area contributed by atoms with Gasteiger partial charge in [-0.2, -0.15) is 0 Å². The molecular formula is C20H29N3O3. The summed E-state index contributed by atoms with van der Waals surface area (Å²) in [5.74, 6) is 1.19. The van der Waals surface area contributed by atoms with Crippen molar-refractivity contribution in [1.82, 2.24) is 9.55 Å². The molecule has 0 bridgehead atoms. The molecule has 0 unspecified atom stereocenters. The summed E-state index contributed by atoms with van der Waals surface area (Å²) in [4.78, 5) is 16.5. The van der Waals surface area contributed by atoms with E-state index in [2.05, 4.69) is 9.88 Å². The molecule has 1 saturated heterocycles. The molecule has 1 aromatic heterocycles. The molecule has 3 rings (SSSR count). The van der Waals surface area contributed by atoms with Gasteiger partial charge in [0.25, 0.3) is 0 Å². The summed E-state index contributed by atoms with van der Waals surface area (Å²) in [6, 6.07) is 5.78. The number of carbonyl (C=O) groups is 1. The minimum atomic E-state index is -1.03. The Labute approximate surface area is 154 Å². The van der Waals surface area contributed by atoms with E-state index >= 15 is 0 Å². The van der Waals surface area contributed by atoms with Crippen molar-refractivity contribution in [2.75, 3.05) is 18.5 Å². The zero-order valence-corrected chi connectivity index (χ0v) is 15.9. The van der Waals surface area contributed by atoms with E-state index in [0.717, 1.165) is 55.7 Å². The Hall–Kier alpha value is -1.92. The number of aliphatic hydroxyl groups is 1. The summed E-state index contributed by atoms with van der Waals surface area (Å²) in [7, 11) is 0. The van der Waals surface area contributed by atoms with E-state index in [4.69, 9.17) is 9.72 Å². The van der Waals surface area contributed by atoms with Crippen LogP contribution in [0.5, 0.6) is 0 Å². The molecule has 26 heavy (non-hydrogen) atoms. The number of nitrogens with one attached hydrogen (secondary N) is 1. The van der Waals surface area contributed by atoms with E-state index in [9.17, 15) is 9.90 Å². The average Bonchev–Trinajstić information content (AvgIpc) is 2.94. The molecule has 1 aliphatic rings. The van der Waals surface area contributed by atoms with Crippen molar-refractivity contribution < 1.29 is 14.6 Å². The quantitative estimate of drug-likeness (QED) is 0.828. The Morgan fingerprint density at radius 1 is 1.38 bits per heavy atom. The second kappa shape index (κ2) is 7.76. The molecule has 2 heterocycles. The third kappa shape index (κ3) is 4.24. The first-order valence-corrected chi connectivity index (χ1v) is 9.49. The minimum absolute atomic E-state index is 0.0104. The number of aromatic nitrogens is 2. The van der Waals surface area contributed by atoms with Gasteiger partial charge in [-0.3, -0.25) is 4.79 Å². The molecule has 142 valence electrons. The van der Waals surface area contributed by atoms with Gasteiger partial charge in [0.1, 0.15) is 11.4 Å². The van der Waals surface area contributed by atoms with Crippen molar-refractivity contribution in [1.29, 1.82) is 0 Å². The van der Waals surface area contributed by atoms with E-state index in [1.54, 1.807) is 13.8 Å². The van der Waals surface area contributed by atoms with Crippen LogP contribution in [0.25, 0.3) is 11.0 Å². The molecule has 0 radical (unpaired) electrons. The molecule has 1 fully saturated rings. The fourth-order valence-corrected chi connectivity index (χ4v) is 3.50. The molecule has 0 saturated carbocycles. The van der Waals surface area contributed by atoms with E-state index in [1.165, 1.54) is 0 Å². The third-order valence-corrected chi connectivity index (χ3v) is 4.84. The van der Waals surface area contributed by atoms with Crippen molar-refractivity contribution in [3.8, 4) is 0 Å². The lowest BCUT2D eigenvalue weighted by molar-refractivity contribution is -0.116. The second-order valence-corrected chi connectivity index (χ2v) is 7.66. The van der Waals surface area contributed by atoms with E-state index < -0.39 is 5.60 Å². The van der Waals surface area contributed by atoms with Crippen LogP contribution in [-0.4, -0.2) is 33.8 Å². The number of fused-ring (bicyclic) bond motifs is 1. The highest BCUT2D eigenvalue weighted by atomic mass is 16.5. The van der Waals surface area contributed by atoms with Crippen LogP contribution in [0.4, 0.5) is 5.69 Å². The first-order chi connectivity index (χ1) is 12.4. The van der Waals surface area contributed by atoms with Gasteiger partial charge in [0.15, 0.2) is 0 Å². The Morgan fingerprint density at radius 3 is 2.77 bits per heavy atom. The summed E-state index contributed by atoms with van der Waals surface area (Å²) in [6.07, 6.45) is 3.37. The number of benzene rings is 1. The van der Waals surface area contributed by atoms with Gasteiger partial charge >= 0.3 is 0 Å². The fraction of sp³-hybridized carbons (Fsp3) is 0.600. The van der Waals surface area contributed by atoms with Crippen LogP contribution in [0.3, 0.4) is 0 Å². The maximum Gasteiger partial charge on any atom is 0.224 e. The van der Waals surface area contributed by atoms with Gasteiger partial charge in [-0.05, 0) is 57.2 Å². The first-order valence-electron chi connectivity index (χ1n) is 9.49. The highest BCUT2D eigenvalue weighted by Gasteiger charge is 2.27. The Morgan fingerprint density at radius 2 is 2.12 bits per heavy atom. The molecule has 1 amide bonds. The van der Waals surface area contributed by atoms with Crippen molar-refractivity contribution in [3.63, 3.8) is 0 Å². The van der Waals surface area contributed by atoms with Crippen molar-refractivity contribution in [3.05, 3.63) is 24.0 Å². The summed E-state index contributed by atoms with van der Waals surface area (Å²) in [6.45, 7) is 7.92. The molecule has 0 aliphatic carbocycles. The molecule has 1 aromatic carbocycles. The van der Waals surface area contributed by atoms with E-state index in [1.807, 2.05) is 25.1 Å². The molecule has 0 atom stereocenters. The van der Waals surface area contributed by atoms with Crippen LogP contribution in [0.1, 0.15) is 52.3 Å². The number of nitrogens with zero attached hydrogens (tertiary/aromatic N) is 2. The summed E-state index contributed by atoms with van der Waals surface area (Å²) in [5, 5.41) is 13.5. The predicted molar refractivity (Wildman–Crippen MR) is 102 cm³/mol. The smallest absolute Gasteiger partial charge is 0.224 e. The third-order valence-electron chi connectivity index (χ3n) is 4.84. The van der Waals surface area contributed by atoms with Crippen molar-refractivity contribution in [2.24, 2.45) is 5.92 Å². The topological polar surface area (TPSA) is 76.4 Å². The molecule has 0 spiro atoms. The monoisotopic (exact) mass is 359 g/mol. The Balaban J connectivity index is 1.94. The largest absolute Gasteiger partial charge is 0.383 e. The van der Waals surface area contributed by atoms with Gasteiger partial charge in [-0.25, -0.2) is 4.98 Å². The first kappa shape index (κ1) is 18.9. The number of ether oxygens (including phenoxy) is 1. The van der Waals surface area contributed by atoms with Crippen LogP contribution < -0.4 is 5.32 Å². The fourth-order valence-electron chi connectivity index (χ4n) is 3.50. The van der Waals surface area contributed by atoms with Crippen LogP contribution >= 0.6 is 0 Å². The molecule has 2 aromatic rings. The zero-order chi connectivity index (χ0) is 18.7. The molecule has 1 aliphatic heterocycles. The van der Waals surface area contributed by atoms with Gasteiger partial charge < -0.3 is 19.7 Å². The zero-order valence-electron chi connectivity index (χ0n) is 15.9. The van der Waals surface area contributed by atoms with Gasteiger partial charge in [-0.15, -0.1) is 0 Å². The maximum atomic E-state index is 11.9. The Kier molecular flexibility index (Phi) is 5.63. The lowest BCUT2D eigenvalue weighted by Crippen LogP contribution is -2.26. The predicted octanol–water partition coefficient (Wildman–Crippen LogP) is 3.43. The number of carbonyl (C=O) groups excluding carboxylic acids is 1. The SMILES string of the molecule is CCCC(=O)Nc1ccc2c(c1)nc(C(C)(C)O)n2CC1CCOCC1. The van der Waals surface area contributed by atoms with Gasteiger partial charge in [0, 0.05) is 31.9 Å². The number of hydrogen-bond acceptors (Lipinski definition) is 4. The summed E-state index contributed by atoms with van der Waals surface area (Å²) < 4.78 is 7.59. The second-order valence-electron chi connectivity index (χ2n) is 7.66. The van der Waals surface area contributed by atoms with Crippen LogP contribution in [0.15, 0.2) is 18.2 Å². The number of amides is 1. The highest BCUT2D eigenvalue weighted by molar-refractivity contribution is 5.93. The summed E-state index contributed by atoms with van der Waals surface area (Å²) >= 11 is 0. The lowest BCUT2D eigenvalue weighted by Gasteiger charge is -2.26. The number of rotatable bonds is 6. The standard InChI is InChI=1S/C20H29N3O3/c1-4-5-18(24)21-15-6-7-17-16(12-15)22-19(20(2,3)25)23(17)13-14-8-10-26-11-9-14/h6-7,12,14,25H,4-5,8-11,13H2,1-3H3,(H,21,24).